The quantitative estimate of drug-likeness (QED) is 0.370. The van der Waals surface area contributed by atoms with E-state index in [0.29, 0.717) is 45.4 Å². The van der Waals surface area contributed by atoms with Crippen molar-refractivity contribution >= 4 is 22.7 Å². The van der Waals surface area contributed by atoms with Crippen molar-refractivity contribution in [2.24, 2.45) is 10.7 Å². The van der Waals surface area contributed by atoms with Crippen LogP contribution in [0.4, 0.5) is 14.6 Å². The number of nitrogens with zero attached hydrogens (tertiary/aromatic N) is 4. The van der Waals surface area contributed by atoms with Crippen molar-refractivity contribution in [1.82, 2.24) is 19.9 Å². The van der Waals surface area contributed by atoms with Crippen LogP contribution in [0.1, 0.15) is 19.0 Å². The Morgan fingerprint density at radius 3 is 2.77 bits per heavy atom. The van der Waals surface area contributed by atoms with Crippen LogP contribution in [-0.2, 0) is 0 Å². The molecule has 4 aromatic rings. The van der Waals surface area contributed by atoms with Gasteiger partial charge in [-0.15, -0.1) is 0 Å². The Kier molecular flexibility index (Phi) is 5.09. The second kappa shape index (κ2) is 7.86. The van der Waals surface area contributed by atoms with Gasteiger partial charge >= 0.3 is 0 Å². The number of aromatic amines is 1. The predicted molar refractivity (Wildman–Crippen MR) is 111 cm³/mol. The number of amidine groups is 1. The lowest BCUT2D eigenvalue weighted by Crippen LogP contribution is -2.04. The number of nitrogens with one attached hydrogen (secondary N) is 1. The fourth-order valence-corrected chi connectivity index (χ4v) is 3.16. The van der Waals surface area contributed by atoms with Gasteiger partial charge in [0, 0.05) is 17.8 Å². The van der Waals surface area contributed by atoms with Crippen LogP contribution >= 0.6 is 0 Å². The topological polar surface area (TPSA) is 102 Å². The minimum atomic E-state index is -2.68. The third-order valence-corrected chi connectivity index (χ3v) is 4.42. The summed E-state index contributed by atoms with van der Waals surface area (Å²) in [6.07, 6.45) is 0.491. The number of aliphatic imine (C=N–C) groups is 1. The lowest BCUT2D eigenvalue weighted by Gasteiger charge is -2.07. The second-order valence-electron chi connectivity index (χ2n) is 6.55. The van der Waals surface area contributed by atoms with E-state index in [1.807, 2.05) is 0 Å². The van der Waals surface area contributed by atoms with Gasteiger partial charge in [0.05, 0.1) is 47.1 Å². The highest BCUT2D eigenvalue weighted by atomic mass is 19.3. The molecule has 4 aromatic heterocycles. The van der Waals surface area contributed by atoms with Gasteiger partial charge in [-0.3, -0.25) is 4.98 Å². The predicted octanol–water partition coefficient (Wildman–Crippen LogP) is 4.64. The molecule has 0 unspecified atom stereocenters. The van der Waals surface area contributed by atoms with Gasteiger partial charge < -0.3 is 15.5 Å². The summed E-state index contributed by atoms with van der Waals surface area (Å²) in [7, 11) is 1.55. The Labute approximate surface area is 170 Å². The van der Waals surface area contributed by atoms with Crippen molar-refractivity contribution in [1.29, 1.82) is 0 Å². The molecule has 0 atom stereocenters. The smallest absolute Gasteiger partial charge is 0.280 e. The molecule has 30 heavy (non-hydrogen) atoms. The molecule has 0 spiro atoms. The van der Waals surface area contributed by atoms with Gasteiger partial charge in [0.2, 0.25) is 0 Å². The molecule has 0 radical (unpaired) electrons. The van der Waals surface area contributed by atoms with E-state index in [0.717, 1.165) is 5.56 Å². The Morgan fingerprint density at radius 2 is 2.03 bits per heavy atom. The van der Waals surface area contributed by atoms with E-state index in [4.69, 9.17) is 10.5 Å². The average molecular weight is 408 g/mol. The summed E-state index contributed by atoms with van der Waals surface area (Å²) in [5, 5.41) is 0. The Morgan fingerprint density at radius 1 is 1.20 bits per heavy atom. The van der Waals surface area contributed by atoms with Crippen LogP contribution < -0.4 is 10.5 Å². The van der Waals surface area contributed by atoms with Crippen LogP contribution in [0.2, 0.25) is 0 Å². The van der Waals surface area contributed by atoms with Gasteiger partial charge in [-0.25, -0.2) is 23.7 Å². The molecular formula is C21H18F2N6O. The maximum Gasteiger partial charge on any atom is 0.280 e. The molecule has 0 aromatic carbocycles. The number of fused-ring (bicyclic) bond motifs is 1. The number of H-pyrrole nitrogens is 1. The molecule has 4 rings (SSSR count). The third kappa shape index (κ3) is 3.69. The monoisotopic (exact) mass is 408 g/mol. The second-order valence-corrected chi connectivity index (χ2v) is 6.55. The summed E-state index contributed by atoms with van der Waals surface area (Å²) in [5.74, 6) is 1.36. The molecule has 152 valence electrons. The largest absolute Gasteiger partial charge is 0.495 e. The standard InChI is InChI=1S/C21H18F2N6O/c1-11(24)27-17-8-12(6-7-25-17)19-18(14-4-3-5-15(28-14)21(22)23)20-16(29-19)9-13(30-2)10-26-20/h3-10,21,29H,1-2H3,(H2,24,25,27). The first kappa shape index (κ1) is 19.4. The van der Waals surface area contributed by atoms with Crippen molar-refractivity contribution in [3.8, 4) is 28.3 Å². The molecule has 9 heteroatoms. The van der Waals surface area contributed by atoms with Crippen molar-refractivity contribution in [3.63, 3.8) is 0 Å². The molecule has 3 N–H and O–H groups in total. The van der Waals surface area contributed by atoms with E-state index < -0.39 is 6.43 Å². The van der Waals surface area contributed by atoms with Crippen molar-refractivity contribution in [3.05, 3.63) is 54.5 Å². The van der Waals surface area contributed by atoms with Crippen molar-refractivity contribution in [2.45, 2.75) is 13.3 Å². The van der Waals surface area contributed by atoms with Gasteiger partial charge in [0.25, 0.3) is 6.43 Å². The Balaban J connectivity index is 1.99. The summed E-state index contributed by atoms with van der Waals surface area (Å²) in [6, 6.07) is 9.84. The average Bonchev–Trinajstić information content (AvgIpc) is 3.12. The number of methoxy groups -OCH3 is 1. The normalized spacial score (nSPS) is 12.0. The number of hydrogen-bond donors (Lipinski definition) is 2. The molecule has 4 heterocycles. The summed E-state index contributed by atoms with van der Waals surface area (Å²) >= 11 is 0. The molecule has 0 amide bonds. The first-order chi connectivity index (χ1) is 14.5. The van der Waals surface area contributed by atoms with E-state index >= 15 is 0 Å². The number of halogens is 2. The fourth-order valence-electron chi connectivity index (χ4n) is 3.16. The zero-order valence-corrected chi connectivity index (χ0v) is 16.2. The lowest BCUT2D eigenvalue weighted by atomic mass is 10.0. The summed E-state index contributed by atoms with van der Waals surface area (Å²) in [5.41, 5.74) is 8.99. The zero-order valence-electron chi connectivity index (χ0n) is 16.2. The van der Waals surface area contributed by atoms with E-state index in [9.17, 15) is 8.78 Å². The maximum absolute atomic E-state index is 13.3. The van der Waals surface area contributed by atoms with Crippen LogP contribution in [0.15, 0.2) is 53.8 Å². The zero-order chi connectivity index (χ0) is 21.3. The highest BCUT2D eigenvalue weighted by molar-refractivity contribution is 6.01. The van der Waals surface area contributed by atoms with Crippen LogP contribution in [0, 0.1) is 0 Å². The van der Waals surface area contributed by atoms with Gasteiger partial charge in [-0.2, -0.15) is 0 Å². The molecule has 0 saturated heterocycles. The summed E-state index contributed by atoms with van der Waals surface area (Å²) in [4.78, 5) is 20.3. The number of nitrogens with two attached hydrogens (primary N) is 1. The van der Waals surface area contributed by atoms with E-state index in [2.05, 4.69) is 24.9 Å². The molecule has 0 fully saturated rings. The lowest BCUT2D eigenvalue weighted by molar-refractivity contribution is 0.146. The molecule has 0 aliphatic carbocycles. The van der Waals surface area contributed by atoms with Gasteiger partial charge in [0.1, 0.15) is 11.4 Å². The van der Waals surface area contributed by atoms with Crippen LogP contribution in [-0.4, -0.2) is 32.9 Å². The van der Waals surface area contributed by atoms with E-state index in [1.165, 1.54) is 6.07 Å². The van der Waals surface area contributed by atoms with Crippen LogP contribution in [0.5, 0.6) is 5.75 Å². The number of rotatable bonds is 5. The first-order valence-corrected chi connectivity index (χ1v) is 9.04. The molecule has 0 saturated carbocycles. The summed E-state index contributed by atoms with van der Waals surface area (Å²) < 4.78 is 31.8. The van der Waals surface area contributed by atoms with Crippen LogP contribution in [0.3, 0.4) is 0 Å². The highest BCUT2D eigenvalue weighted by Crippen LogP contribution is 2.38. The Bertz CT molecular complexity index is 1250. The third-order valence-electron chi connectivity index (χ3n) is 4.42. The fraction of sp³-hybridized carbons (Fsp3) is 0.143. The number of aromatic nitrogens is 4. The molecule has 0 bridgehead atoms. The van der Waals surface area contributed by atoms with Gasteiger partial charge in [-0.05, 0) is 31.2 Å². The van der Waals surface area contributed by atoms with Crippen LogP contribution in [0.25, 0.3) is 33.5 Å². The molecule has 7 nitrogen and oxygen atoms in total. The number of pyridine rings is 3. The SMILES string of the molecule is COc1cnc2c(-c3cccc(C(F)F)n3)c(-c3ccnc(N=C(C)N)c3)[nH]c2c1. The minimum absolute atomic E-state index is 0.305. The molecule has 0 aliphatic rings. The highest BCUT2D eigenvalue weighted by Gasteiger charge is 2.20. The maximum atomic E-state index is 13.3. The minimum Gasteiger partial charge on any atom is -0.495 e. The first-order valence-electron chi connectivity index (χ1n) is 9.04. The number of hydrogen-bond acceptors (Lipinski definition) is 5. The Hall–Kier alpha value is -3.88. The molecular weight excluding hydrogens is 390 g/mol. The van der Waals surface area contributed by atoms with Crippen molar-refractivity contribution in [2.75, 3.05) is 7.11 Å². The summed E-state index contributed by atoms with van der Waals surface area (Å²) in [6.45, 7) is 1.67. The number of alkyl halides is 2. The van der Waals surface area contributed by atoms with E-state index in [1.54, 1.807) is 56.8 Å². The molecule has 0 aliphatic heterocycles. The van der Waals surface area contributed by atoms with Crippen molar-refractivity contribution < 1.29 is 13.5 Å². The van der Waals surface area contributed by atoms with E-state index in [-0.39, 0.29) is 5.69 Å². The number of ether oxygens (including phenoxy) is 1. The van der Waals surface area contributed by atoms with Gasteiger partial charge in [-0.1, -0.05) is 6.07 Å². The van der Waals surface area contributed by atoms with Gasteiger partial charge in [0.15, 0.2) is 5.82 Å².